The number of benzene rings is 8. The Bertz CT molecular complexity index is 2730. The van der Waals surface area contributed by atoms with Crippen LogP contribution in [0.2, 0.25) is 0 Å². The van der Waals surface area contributed by atoms with Crippen LogP contribution in [-0.4, -0.2) is 0 Å². The first-order chi connectivity index (χ1) is 23.1. The molecule has 0 amide bonds. The van der Waals surface area contributed by atoms with E-state index in [1.807, 2.05) is 11.3 Å². The van der Waals surface area contributed by atoms with E-state index in [9.17, 15) is 0 Å². The van der Waals surface area contributed by atoms with Gasteiger partial charge < -0.3 is 4.90 Å². The van der Waals surface area contributed by atoms with Crippen LogP contribution in [-0.2, 0) is 5.41 Å². The second-order valence-corrected chi connectivity index (χ2v) is 14.3. The predicted octanol–water partition coefficient (Wildman–Crippen LogP) is 13.3. The molecule has 9 aromatic rings. The van der Waals surface area contributed by atoms with Crippen molar-refractivity contribution in [3.05, 3.63) is 163 Å². The summed E-state index contributed by atoms with van der Waals surface area (Å²) < 4.78 is 2.65. The third-order valence-corrected chi connectivity index (χ3v) is 11.7. The van der Waals surface area contributed by atoms with Crippen LogP contribution in [0.5, 0.6) is 0 Å². The van der Waals surface area contributed by atoms with Gasteiger partial charge in [0.05, 0.1) is 21.8 Å². The number of fused-ring (bicyclic) bond motifs is 11. The first-order valence-electron chi connectivity index (χ1n) is 16.4. The molecule has 1 aliphatic carbocycles. The van der Waals surface area contributed by atoms with Crippen molar-refractivity contribution in [2.75, 3.05) is 4.90 Å². The zero-order valence-corrected chi connectivity index (χ0v) is 27.1. The van der Waals surface area contributed by atoms with E-state index in [1.54, 1.807) is 0 Å². The van der Waals surface area contributed by atoms with E-state index in [2.05, 4.69) is 170 Å². The lowest BCUT2D eigenvalue weighted by Crippen LogP contribution is -2.16. The van der Waals surface area contributed by atoms with Gasteiger partial charge in [-0.05, 0) is 61.8 Å². The fraction of sp³-hybridized carbons (Fsp3) is 0.0667. The third-order valence-electron chi connectivity index (χ3n) is 10.4. The van der Waals surface area contributed by atoms with E-state index < -0.39 is 0 Å². The molecule has 0 aliphatic heterocycles. The van der Waals surface area contributed by atoms with Gasteiger partial charge in [0.15, 0.2) is 0 Å². The van der Waals surface area contributed by atoms with Gasteiger partial charge in [0.2, 0.25) is 0 Å². The molecule has 0 bridgehead atoms. The highest BCUT2D eigenvalue weighted by Gasteiger charge is 2.38. The normalized spacial score (nSPS) is 13.5. The quantitative estimate of drug-likeness (QED) is 0.178. The average Bonchev–Trinajstić information content (AvgIpc) is 3.62. The SMILES string of the molecule is CC1(C)c2ccccc2-c2c(N(c3cc4ccccc4c4ccccc34)c3cccc4c3sc3c5ccccc5ccc43)cccc21. The molecule has 2 heteroatoms. The summed E-state index contributed by atoms with van der Waals surface area (Å²) in [4.78, 5) is 2.58. The van der Waals surface area contributed by atoms with Gasteiger partial charge in [0.25, 0.3) is 0 Å². The molecule has 0 unspecified atom stereocenters. The molecule has 0 spiro atoms. The number of anilines is 3. The van der Waals surface area contributed by atoms with Gasteiger partial charge in [-0.25, -0.2) is 0 Å². The van der Waals surface area contributed by atoms with Crippen molar-refractivity contribution in [3.8, 4) is 11.1 Å². The van der Waals surface area contributed by atoms with E-state index in [-0.39, 0.29) is 5.41 Å². The van der Waals surface area contributed by atoms with Crippen LogP contribution in [0.15, 0.2) is 152 Å². The molecule has 0 atom stereocenters. The van der Waals surface area contributed by atoms with Crippen molar-refractivity contribution >= 4 is 80.9 Å². The topological polar surface area (TPSA) is 3.24 Å². The molecular formula is C45H31NS. The zero-order chi connectivity index (χ0) is 31.3. The van der Waals surface area contributed by atoms with Crippen LogP contribution >= 0.6 is 11.3 Å². The van der Waals surface area contributed by atoms with E-state index in [1.165, 1.54) is 91.8 Å². The molecule has 0 radical (unpaired) electrons. The molecule has 1 aliphatic rings. The molecule has 47 heavy (non-hydrogen) atoms. The van der Waals surface area contributed by atoms with Gasteiger partial charge in [0.1, 0.15) is 0 Å². The highest BCUT2D eigenvalue weighted by molar-refractivity contribution is 7.27. The number of thiophene rings is 1. The molecule has 222 valence electrons. The molecule has 0 N–H and O–H groups in total. The van der Waals surface area contributed by atoms with Crippen LogP contribution in [0.3, 0.4) is 0 Å². The van der Waals surface area contributed by atoms with Crippen LogP contribution in [0.1, 0.15) is 25.0 Å². The summed E-state index contributed by atoms with van der Waals surface area (Å²) in [5, 5.41) is 10.3. The van der Waals surface area contributed by atoms with Gasteiger partial charge in [-0.1, -0.05) is 147 Å². The second kappa shape index (κ2) is 9.78. The molecule has 0 fully saturated rings. The average molecular weight is 618 g/mol. The minimum absolute atomic E-state index is 0.0956. The Labute approximate surface area is 278 Å². The lowest BCUT2D eigenvalue weighted by atomic mass is 9.82. The first kappa shape index (κ1) is 26.7. The van der Waals surface area contributed by atoms with Crippen molar-refractivity contribution in [1.82, 2.24) is 0 Å². The molecule has 8 aromatic carbocycles. The number of nitrogens with zero attached hydrogens (tertiary/aromatic N) is 1. The molecule has 1 heterocycles. The van der Waals surface area contributed by atoms with Crippen molar-refractivity contribution in [2.24, 2.45) is 0 Å². The smallest absolute Gasteiger partial charge is 0.0640 e. The van der Waals surface area contributed by atoms with E-state index in [0.29, 0.717) is 0 Å². The fourth-order valence-electron chi connectivity index (χ4n) is 8.22. The molecule has 0 saturated carbocycles. The predicted molar refractivity (Wildman–Crippen MR) is 204 cm³/mol. The van der Waals surface area contributed by atoms with Crippen molar-refractivity contribution in [2.45, 2.75) is 19.3 Å². The summed E-state index contributed by atoms with van der Waals surface area (Å²) >= 11 is 1.92. The monoisotopic (exact) mass is 617 g/mol. The Kier molecular flexibility index (Phi) is 5.57. The maximum atomic E-state index is 2.58. The number of hydrogen-bond donors (Lipinski definition) is 0. The van der Waals surface area contributed by atoms with Crippen LogP contribution in [0.4, 0.5) is 17.1 Å². The Morgan fingerprint density at radius 1 is 0.426 bits per heavy atom. The second-order valence-electron chi connectivity index (χ2n) is 13.3. The molecular weight excluding hydrogens is 587 g/mol. The molecule has 1 aromatic heterocycles. The highest BCUT2D eigenvalue weighted by Crippen LogP contribution is 2.56. The summed E-state index contributed by atoms with van der Waals surface area (Å²) in [7, 11) is 0. The summed E-state index contributed by atoms with van der Waals surface area (Å²) in [5.41, 5.74) is 8.95. The Morgan fingerprint density at radius 3 is 1.91 bits per heavy atom. The van der Waals surface area contributed by atoms with Gasteiger partial charge in [-0.15, -0.1) is 11.3 Å². The summed E-state index contributed by atoms with van der Waals surface area (Å²) in [6.07, 6.45) is 0. The fourth-order valence-corrected chi connectivity index (χ4v) is 9.56. The maximum absolute atomic E-state index is 2.58. The van der Waals surface area contributed by atoms with Crippen molar-refractivity contribution in [1.29, 1.82) is 0 Å². The lowest BCUT2D eigenvalue weighted by Gasteiger charge is -2.30. The first-order valence-corrected chi connectivity index (χ1v) is 17.2. The van der Waals surface area contributed by atoms with Crippen molar-refractivity contribution in [3.63, 3.8) is 0 Å². The minimum atomic E-state index is -0.0956. The third kappa shape index (κ3) is 3.71. The Balaban J connectivity index is 1.37. The van der Waals surface area contributed by atoms with Gasteiger partial charge in [-0.2, -0.15) is 0 Å². The van der Waals surface area contributed by atoms with Gasteiger partial charge in [-0.3, -0.25) is 0 Å². The largest absolute Gasteiger partial charge is 0.308 e. The highest BCUT2D eigenvalue weighted by atomic mass is 32.1. The Hall–Kier alpha value is -5.44. The van der Waals surface area contributed by atoms with E-state index in [4.69, 9.17) is 0 Å². The maximum Gasteiger partial charge on any atom is 0.0640 e. The van der Waals surface area contributed by atoms with Crippen molar-refractivity contribution < 1.29 is 0 Å². The lowest BCUT2D eigenvalue weighted by molar-refractivity contribution is 0.660. The van der Waals surface area contributed by atoms with Crippen LogP contribution in [0.25, 0.3) is 63.6 Å². The van der Waals surface area contributed by atoms with Gasteiger partial charge >= 0.3 is 0 Å². The van der Waals surface area contributed by atoms with Crippen LogP contribution < -0.4 is 4.90 Å². The van der Waals surface area contributed by atoms with Gasteiger partial charge in [0, 0.05) is 31.8 Å². The number of hydrogen-bond acceptors (Lipinski definition) is 2. The zero-order valence-electron chi connectivity index (χ0n) is 26.3. The van der Waals surface area contributed by atoms with E-state index in [0.717, 1.165) is 0 Å². The summed E-state index contributed by atoms with van der Waals surface area (Å²) in [6, 6.07) is 56.3. The number of rotatable bonds is 3. The molecule has 10 rings (SSSR count). The minimum Gasteiger partial charge on any atom is -0.308 e. The molecule has 0 saturated heterocycles. The van der Waals surface area contributed by atoms with E-state index >= 15 is 0 Å². The summed E-state index contributed by atoms with van der Waals surface area (Å²) in [5.74, 6) is 0. The van der Waals surface area contributed by atoms with Crippen LogP contribution in [0, 0.1) is 0 Å². The molecule has 1 nitrogen and oxygen atoms in total. The Morgan fingerprint density at radius 2 is 1.04 bits per heavy atom. The summed E-state index contributed by atoms with van der Waals surface area (Å²) in [6.45, 7) is 4.74. The standard InChI is InChI=1S/C45H31NS/c1-45(2)37-21-10-9-19-36(37)42-38(45)22-12-23-39(42)46(41-27-29-14-4-5-15-30(29)32-17-7-8-18-33(32)41)40-24-11-20-34-35-26-25-28-13-3-6-16-31(28)43(35)47-44(34)40/h3-27H,1-2H3.